The van der Waals surface area contributed by atoms with E-state index in [0.717, 1.165) is 16.6 Å². The van der Waals surface area contributed by atoms with Crippen molar-refractivity contribution in [3.8, 4) is 0 Å². The van der Waals surface area contributed by atoms with Crippen molar-refractivity contribution in [2.24, 2.45) is 0 Å². The van der Waals surface area contributed by atoms with Crippen molar-refractivity contribution >= 4 is 34.1 Å². The van der Waals surface area contributed by atoms with Crippen LogP contribution in [0.4, 0.5) is 0 Å². The summed E-state index contributed by atoms with van der Waals surface area (Å²) in [5, 5.41) is 2.34. The van der Waals surface area contributed by atoms with Crippen LogP contribution in [0.25, 0.3) is 10.9 Å². The highest BCUT2D eigenvalue weighted by atomic mass is 35.5. The van der Waals surface area contributed by atoms with E-state index in [4.69, 9.17) is 23.2 Å². The molecule has 2 aromatic heterocycles. The third-order valence-corrected chi connectivity index (χ3v) is 3.77. The van der Waals surface area contributed by atoms with Crippen molar-refractivity contribution in [2.75, 3.05) is 0 Å². The third kappa shape index (κ3) is 2.34. The Kier molecular flexibility index (Phi) is 3.21. The molecule has 19 heavy (non-hydrogen) atoms. The first-order chi connectivity index (χ1) is 9.15. The van der Waals surface area contributed by atoms with Crippen LogP contribution in [0.2, 0.25) is 10.0 Å². The van der Waals surface area contributed by atoms with Crippen LogP contribution in [-0.2, 0) is 6.54 Å². The minimum Gasteiger partial charge on any atom is -0.341 e. The number of hydrogen-bond acceptors (Lipinski definition) is 1. The summed E-state index contributed by atoms with van der Waals surface area (Å²) in [6, 6.07) is 9.71. The van der Waals surface area contributed by atoms with E-state index in [1.165, 1.54) is 5.56 Å². The van der Waals surface area contributed by atoms with Crippen molar-refractivity contribution < 1.29 is 0 Å². The summed E-state index contributed by atoms with van der Waals surface area (Å²) in [6.07, 6.45) is 3.83. The number of pyridine rings is 1. The van der Waals surface area contributed by atoms with Gasteiger partial charge in [-0.15, -0.1) is 0 Å². The van der Waals surface area contributed by atoms with E-state index in [2.05, 4.69) is 22.5 Å². The first kappa shape index (κ1) is 12.5. The second-order valence-electron chi connectivity index (χ2n) is 4.53. The lowest BCUT2D eigenvalue weighted by atomic mass is 10.2. The standard InChI is InChI=1S/C15H12Cl2N2/c1-10-3-2-5-18-14(10)9-19-6-4-12-13(17)7-11(16)8-15(12)19/h2-8H,9H2,1H3. The fourth-order valence-corrected chi connectivity index (χ4v) is 2.75. The van der Waals surface area contributed by atoms with E-state index in [-0.39, 0.29) is 0 Å². The lowest BCUT2D eigenvalue weighted by Gasteiger charge is -2.08. The van der Waals surface area contributed by atoms with Gasteiger partial charge in [-0.1, -0.05) is 29.3 Å². The molecule has 3 rings (SSSR count). The molecule has 0 aliphatic rings. The molecule has 0 bridgehead atoms. The first-order valence-electron chi connectivity index (χ1n) is 5.99. The molecule has 0 saturated heterocycles. The number of fused-ring (bicyclic) bond motifs is 1. The molecule has 0 fully saturated rings. The molecule has 0 aliphatic carbocycles. The lowest BCUT2D eigenvalue weighted by Crippen LogP contribution is -2.02. The zero-order chi connectivity index (χ0) is 13.4. The van der Waals surface area contributed by atoms with E-state index in [1.807, 2.05) is 30.6 Å². The SMILES string of the molecule is Cc1cccnc1Cn1ccc2c(Cl)cc(Cl)cc21. The topological polar surface area (TPSA) is 17.8 Å². The van der Waals surface area contributed by atoms with Crippen molar-refractivity contribution in [3.05, 3.63) is 64.0 Å². The summed E-state index contributed by atoms with van der Waals surface area (Å²) in [5.74, 6) is 0. The molecular weight excluding hydrogens is 279 g/mol. The van der Waals surface area contributed by atoms with Crippen LogP contribution in [0, 0.1) is 6.92 Å². The van der Waals surface area contributed by atoms with Gasteiger partial charge >= 0.3 is 0 Å². The van der Waals surface area contributed by atoms with Crippen LogP contribution < -0.4 is 0 Å². The largest absolute Gasteiger partial charge is 0.341 e. The van der Waals surface area contributed by atoms with E-state index in [0.29, 0.717) is 16.6 Å². The molecule has 2 heterocycles. The summed E-state index contributed by atoms with van der Waals surface area (Å²) in [6.45, 7) is 2.78. The predicted molar refractivity (Wildman–Crippen MR) is 80.0 cm³/mol. The minimum absolute atomic E-state index is 0.648. The first-order valence-corrected chi connectivity index (χ1v) is 6.75. The van der Waals surface area contributed by atoms with E-state index >= 15 is 0 Å². The second kappa shape index (κ2) is 4.87. The molecule has 0 N–H and O–H groups in total. The second-order valence-corrected chi connectivity index (χ2v) is 5.37. The highest BCUT2D eigenvalue weighted by Crippen LogP contribution is 2.29. The highest BCUT2D eigenvalue weighted by Gasteiger charge is 2.08. The lowest BCUT2D eigenvalue weighted by molar-refractivity contribution is 0.799. The molecule has 0 unspecified atom stereocenters. The Morgan fingerprint density at radius 3 is 2.84 bits per heavy atom. The number of benzene rings is 1. The van der Waals surface area contributed by atoms with Crippen LogP contribution in [0.5, 0.6) is 0 Å². The molecule has 96 valence electrons. The molecule has 0 amide bonds. The number of rotatable bonds is 2. The Bertz CT molecular complexity index is 747. The molecule has 0 atom stereocenters. The minimum atomic E-state index is 0.648. The maximum absolute atomic E-state index is 6.20. The van der Waals surface area contributed by atoms with E-state index in [9.17, 15) is 0 Å². The summed E-state index contributed by atoms with van der Waals surface area (Å²) in [4.78, 5) is 4.42. The van der Waals surface area contributed by atoms with Crippen LogP contribution in [0.1, 0.15) is 11.3 Å². The molecule has 0 aliphatic heterocycles. The molecule has 0 spiro atoms. The summed E-state index contributed by atoms with van der Waals surface area (Å²) in [5.41, 5.74) is 3.26. The normalized spacial score (nSPS) is 11.1. The maximum Gasteiger partial charge on any atom is 0.0651 e. The van der Waals surface area contributed by atoms with Crippen LogP contribution >= 0.6 is 23.2 Å². The van der Waals surface area contributed by atoms with Crippen LogP contribution in [0.3, 0.4) is 0 Å². The monoisotopic (exact) mass is 290 g/mol. The fraction of sp³-hybridized carbons (Fsp3) is 0.133. The zero-order valence-electron chi connectivity index (χ0n) is 10.4. The van der Waals surface area contributed by atoms with Crippen molar-refractivity contribution in [2.45, 2.75) is 13.5 Å². The third-order valence-electron chi connectivity index (χ3n) is 3.24. The summed E-state index contributed by atoms with van der Waals surface area (Å²) in [7, 11) is 0. The van der Waals surface area contributed by atoms with E-state index in [1.54, 1.807) is 6.07 Å². The van der Waals surface area contributed by atoms with Gasteiger partial charge in [0.25, 0.3) is 0 Å². The molecular formula is C15H12Cl2N2. The Morgan fingerprint density at radius 1 is 1.21 bits per heavy atom. The molecule has 0 radical (unpaired) electrons. The Hall–Kier alpha value is -1.51. The average Bonchev–Trinajstić information content (AvgIpc) is 2.76. The molecule has 0 saturated carbocycles. The van der Waals surface area contributed by atoms with Gasteiger partial charge < -0.3 is 4.57 Å². The highest BCUT2D eigenvalue weighted by molar-refractivity contribution is 6.38. The Balaban J connectivity index is 2.09. The van der Waals surface area contributed by atoms with Gasteiger partial charge in [-0.3, -0.25) is 4.98 Å². The molecule has 3 aromatic rings. The summed E-state index contributed by atoms with van der Waals surface area (Å²) < 4.78 is 2.11. The van der Waals surface area contributed by atoms with Crippen LogP contribution in [-0.4, -0.2) is 9.55 Å². The number of nitrogens with zero attached hydrogens (tertiary/aromatic N) is 2. The van der Waals surface area contributed by atoms with Gasteiger partial charge in [-0.05, 0) is 36.8 Å². The van der Waals surface area contributed by atoms with Gasteiger partial charge in [0.1, 0.15) is 0 Å². The van der Waals surface area contributed by atoms with Gasteiger partial charge in [0.05, 0.1) is 22.8 Å². The van der Waals surface area contributed by atoms with Crippen molar-refractivity contribution in [1.29, 1.82) is 0 Å². The van der Waals surface area contributed by atoms with Gasteiger partial charge in [0, 0.05) is 22.8 Å². The molecule has 1 aromatic carbocycles. The average molecular weight is 291 g/mol. The zero-order valence-corrected chi connectivity index (χ0v) is 11.9. The van der Waals surface area contributed by atoms with Crippen molar-refractivity contribution in [3.63, 3.8) is 0 Å². The fourth-order valence-electron chi connectivity index (χ4n) is 2.20. The van der Waals surface area contributed by atoms with E-state index < -0.39 is 0 Å². The Labute approximate surface area is 121 Å². The summed E-state index contributed by atoms with van der Waals surface area (Å²) >= 11 is 12.3. The maximum atomic E-state index is 6.20. The van der Waals surface area contributed by atoms with Gasteiger partial charge in [-0.25, -0.2) is 0 Å². The number of halogens is 2. The smallest absolute Gasteiger partial charge is 0.0651 e. The number of aromatic nitrogens is 2. The quantitative estimate of drug-likeness (QED) is 0.669. The van der Waals surface area contributed by atoms with Gasteiger partial charge in [-0.2, -0.15) is 0 Å². The van der Waals surface area contributed by atoms with Gasteiger partial charge in [0.15, 0.2) is 0 Å². The van der Waals surface area contributed by atoms with Crippen LogP contribution in [0.15, 0.2) is 42.7 Å². The van der Waals surface area contributed by atoms with Crippen molar-refractivity contribution in [1.82, 2.24) is 9.55 Å². The molecule has 4 heteroatoms. The molecule has 2 nitrogen and oxygen atoms in total. The number of hydrogen-bond donors (Lipinski definition) is 0. The number of aryl methyl sites for hydroxylation is 1. The van der Waals surface area contributed by atoms with Gasteiger partial charge in [0.2, 0.25) is 0 Å². The predicted octanol–water partition coefficient (Wildman–Crippen LogP) is 4.70. The Morgan fingerprint density at radius 2 is 2.05 bits per heavy atom.